The third kappa shape index (κ3) is 2.99. The van der Waals surface area contributed by atoms with E-state index < -0.39 is 0 Å². The van der Waals surface area contributed by atoms with Gasteiger partial charge in [-0.15, -0.1) is 0 Å². The number of hydrogen-bond acceptors (Lipinski definition) is 3. The van der Waals surface area contributed by atoms with Crippen LogP contribution in [0.4, 0.5) is 17.1 Å². The fraction of sp³-hybridized carbons (Fsp3) is 0.208. The molecule has 3 nitrogen and oxygen atoms in total. The Balaban J connectivity index is 1.62. The van der Waals surface area contributed by atoms with E-state index >= 15 is 0 Å². The molecule has 2 aliphatic rings. The minimum atomic E-state index is 0.863. The molecule has 0 atom stereocenters. The van der Waals surface area contributed by atoms with Crippen molar-refractivity contribution >= 4 is 23.1 Å². The summed E-state index contributed by atoms with van der Waals surface area (Å²) >= 11 is 0. The Labute approximate surface area is 160 Å². The molecule has 1 aromatic heterocycles. The van der Waals surface area contributed by atoms with Crippen LogP contribution in [0.5, 0.6) is 0 Å². The van der Waals surface area contributed by atoms with Crippen LogP contribution in [0.3, 0.4) is 0 Å². The summed E-state index contributed by atoms with van der Waals surface area (Å²) in [5.41, 5.74) is 7.55. The van der Waals surface area contributed by atoms with Gasteiger partial charge in [0, 0.05) is 37.1 Å². The number of nitrogens with zero attached hydrogens (tertiary/aromatic N) is 3. The molecule has 0 unspecified atom stereocenters. The van der Waals surface area contributed by atoms with Gasteiger partial charge < -0.3 is 9.80 Å². The van der Waals surface area contributed by atoms with Crippen molar-refractivity contribution in [2.75, 3.05) is 29.4 Å². The lowest BCUT2D eigenvalue weighted by Crippen LogP contribution is -2.21. The van der Waals surface area contributed by atoms with E-state index in [1.54, 1.807) is 0 Å². The zero-order chi connectivity index (χ0) is 18.1. The van der Waals surface area contributed by atoms with Crippen LogP contribution in [0.15, 0.2) is 73.1 Å². The fourth-order valence-corrected chi connectivity index (χ4v) is 4.20. The van der Waals surface area contributed by atoms with Crippen LogP contribution in [0.1, 0.15) is 18.4 Å². The number of anilines is 3. The molecular formula is C24H23N3. The van der Waals surface area contributed by atoms with Crippen LogP contribution in [0.2, 0.25) is 0 Å². The summed E-state index contributed by atoms with van der Waals surface area (Å²) in [5, 5.41) is 0. The maximum atomic E-state index is 4.33. The molecule has 3 aromatic rings. The third-order valence-electron chi connectivity index (χ3n) is 5.51. The Morgan fingerprint density at radius 2 is 1.70 bits per heavy atom. The average Bonchev–Trinajstić information content (AvgIpc) is 3.29. The predicted molar refractivity (Wildman–Crippen MR) is 114 cm³/mol. The number of hydrogen-bond donors (Lipinski definition) is 0. The maximum absolute atomic E-state index is 4.33. The number of rotatable bonds is 3. The minimum absolute atomic E-state index is 0.863. The van der Waals surface area contributed by atoms with E-state index in [2.05, 4.69) is 75.5 Å². The van der Waals surface area contributed by atoms with Gasteiger partial charge in [0.2, 0.25) is 0 Å². The molecule has 27 heavy (non-hydrogen) atoms. The van der Waals surface area contributed by atoms with E-state index in [-0.39, 0.29) is 0 Å². The van der Waals surface area contributed by atoms with E-state index in [0.29, 0.717) is 0 Å². The standard InChI is InChI=1S/C24H23N3/c1-2-15-26(14-1)21-10-3-8-20(17-21)23-12-4-7-19-9-6-16-27(24(19)23)22-11-5-13-25-18-22/h3-13,17-18H,1-2,14-16H2. The summed E-state index contributed by atoms with van der Waals surface area (Å²) in [5.74, 6) is 0. The molecule has 3 heterocycles. The molecule has 134 valence electrons. The van der Waals surface area contributed by atoms with Crippen molar-refractivity contribution in [3.63, 3.8) is 0 Å². The molecule has 2 aliphatic heterocycles. The summed E-state index contributed by atoms with van der Waals surface area (Å²) in [6, 6.07) is 19.7. The number of fused-ring (bicyclic) bond motifs is 1. The van der Waals surface area contributed by atoms with Gasteiger partial charge in [0.15, 0.2) is 0 Å². The van der Waals surface area contributed by atoms with Crippen LogP contribution in [0, 0.1) is 0 Å². The zero-order valence-corrected chi connectivity index (χ0v) is 15.4. The second-order valence-corrected chi connectivity index (χ2v) is 7.21. The Kier molecular flexibility index (Phi) is 4.13. The summed E-state index contributed by atoms with van der Waals surface area (Å²) in [6.07, 6.45) is 10.8. The molecule has 0 bridgehead atoms. The summed E-state index contributed by atoms with van der Waals surface area (Å²) in [6.45, 7) is 3.20. The smallest absolute Gasteiger partial charge is 0.0600 e. The highest BCUT2D eigenvalue weighted by Crippen LogP contribution is 2.41. The molecule has 5 rings (SSSR count). The Bertz CT molecular complexity index is 972. The summed E-state index contributed by atoms with van der Waals surface area (Å²) < 4.78 is 0. The van der Waals surface area contributed by atoms with Gasteiger partial charge in [0.1, 0.15) is 0 Å². The van der Waals surface area contributed by atoms with E-state index in [1.807, 2.05) is 18.5 Å². The van der Waals surface area contributed by atoms with Crippen molar-refractivity contribution in [3.05, 3.63) is 78.6 Å². The molecule has 0 aliphatic carbocycles. The van der Waals surface area contributed by atoms with Crippen LogP contribution in [0.25, 0.3) is 17.2 Å². The van der Waals surface area contributed by atoms with Gasteiger partial charge >= 0.3 is 0 Å². The van der Waals surface area contributed by atoms with Gasteiger partial charge in [-0.05, 0) is 48.2 Å². The number of para-hydroxylation sites is 1. The highest BCUT2D eigenvalue weighted by atomic mass is 15.2. The molecule has 3 heteroatoms. The van der Waals surface area contributed by atoms with Crippen LogP contribution < -0.4 is 9.80 Å². The van der Waals surface area contributed by atoms with Crippen molar-refractivity contribution in [2.45, 2.75) is 12.8 Å². The van der Waals surface area contributed by atoms with Gasteiger partial charge in [-0.2, -0.15) is 0 Å². The topological polar surface area (TPSA) is 19.4 Å². The molecule has 0 N–H and O–H groups in total. The maximum Gasteiger partial charge on any atom is 0.0600 e. The Morgan fingerprint density at radius 3 is 2.56 bits per heavy atom. The van der Waals surface area contributed by atoms with Gasteiger partial charge in [-0.25, -0.2) is 0 Å². The van der Waals surface area contributed by atoms with Gasteiger partial charge in [0.25, 0.3) is 0 Å². The average molecular weight is 353 g/mol. The van der Waals surface area contributed by atoms with Crippen molar-refractivity contribution < 1.29 is 0 Å². The van der Waals surface area contributed by atoms with Gasteiger partial charge in [-0.1, -0.05) is 42.5 Å². The van der Waals surface area contributed by atoms with Crippen molar-refractivity contribution in [1.82, 2.24) is 4.98 Å². The minimum Gasteiger partial charge on any atom is -0.372 e. The molecule has 0 amide bonds. The van der Waals surface area contributed by atoms with E-state index in [0.717, 1.165) is 12.2 Å². The van der Waals surface area contributed by atoms with Crippen molar-refractivity contribution in [3.8, 4) is 11.1 Å². The van der Waals surface area contributed by atoms with E-state index in [4.69, 9.17) is 0 Å². The monoisotopic (exact) mass is 353 g/mol. The summed E-state index contributed by atoms with van der Waals surface area (Å²) in [4.78, 5) is 9.19. The molecule has 0 radical (unpaired) electrons. The highest BCUT2D eigenvalue weighted by Gasteiger charge is 2.20. The number of pyridine rings is 1. The van der Waals surface area contributed by atoms with Crippen LogP contribution >= 0.6 is 0 Å². The lowest BCUT2D eigenvalue weighted by atomic mass is 9.96. The quantitative estimate of drug-likeness (QED) is 0.618. The first-order chi connectivity index (χ1) is 13.4. The third-order valence-corrected chi connectivity index (χ3v) is 5.51. The molecule has 2 aromatic carbocycles. The van der Waals surface area contributed by atoms with Crippen molar-refractivity contribution in [2.24, 2.45) is 0 Å². The highest BCUT2D eigenvalue weighted by molar-refractivity contribution is 5.91. The lowest BCUT2D eigenvalue weighted by Gasteiger charge is -2.30. The first-order valence-electron chi connectivity index (χ1n) is 9.73. The molecule has 0 saturated carbocycles. The van der Waals surface area contributed by atoms with Crippen molar-refractivity contribution in [1.29, 1.82) is 0 Å². The molecule has 1 saturated heterocycles. The largest absolute Gasteiger partial charge is 0.372 e. The second kappa shape index (κ2) is 6.92. The normalized spacial score (nSPS) is 15.9. The van der Waals surface area contributed by atoms with Gasteiger partial charge in [0.05, 0.1) is 17.6 Å². The number of aromatic nitrogens is 1. The fourth-order valence-electron chi connectivity index (χ4n) is 4.20. The molecule has 0 spiro atoms. The van der Waals surface area contributed by atoms with Crippen LogP contribution in [-0.4, -0.2) is 24.6 Å². The first-order valence-corrected chi connectivity index (χ1v) is 9.73. The Morgan fingerprint density at radius 1 is 0.852 bits per heavy atom. The van der Waals surface area contributed by atoms with Crippen LogP contribution in [-0.2, 0) is 0 Å². The SMILES string of the molecule is C1=Cc2cccc(-c3cccc(N4CCCC4)c3)c2N(c2cccnc2)C1. The number of benzene rings is 2. The molecule has 1 fully saturated rings. The van der Waals surface area contributed by atoms with E-state index in [1.165, 1.54) is 54.0 Å². The first kappa shape index (κ1) is 16.1. The predicted octanol–water partition coefficient (Wildman–Crippen LogP) is 5.51. The summed E-state index contributed by atoms with van der Waals surface area (Å²) in [7, 11) is 0. The Hall–Kier alpha value is -3.07. The second-order valence-electron chi connectivity index (χ2n) is 7.21. The van der Waals surface area contributed by atoms with Gasteiger partial charge in [-0.3, -0.25) is 4.98 Å². The zero-order valence-electron chi connectivity index (χ0n) is 15.4. The van der Waals surface area contributed by atoms with E-state index in [9.17, 15) is 0 Å². The molecular weight excluding hydrogens is 330 g/mol. The lowest BCUT2D eigenvalue weighted by molar-refractivity contribution is 0.949.